The average molecular weight is 233 g/mol. The van der Waals surface area contributed by atoms with E-state index in [-0.39, 0.29) is 17.7 Å². The van der Waals surface area contributed by atoms with Gasteiger partial charge in [-0.1, -0.05) is 13.8 Å². The van der Waals surface area contributed by atoms with Crippen LogP contribution in [0.4, 0.5) is 0 Å². The van der Waals surface area contributed by atoms with Crippen molar-refractivity contribution < 1.29 is 23.6 Å². The van der Waals surface area contributed by atoms with Crippen LogP contribution < -0.4 is 10.4 Å². The van der Waals surface area contributed by atoms with Gasteiger partial charge >= 0.3 is 0 Å². The van der Waals surface area contributed by atoms with E-state index in [1.165, 1.54) is 6.08 Å². The summed E-state index contributed by atoms with van der Waals surface area (Å²) < 4.78 is 22.2. The molecule has 1 heterocycles. The zero-order chi connectivity index (χ0) is 11.6. The van der Waals surface area contributed by atoms with Crippen molar-refractivity contribution >= 4 is 15.8 Å². The van der Waals surface area contributed by atoms with E-state index in [2.05, 4.69) is 0 Å². The molecule has 6 heteroatoms. The summed E-state index contributed by atoms with van der Waals surface area (Å²) in [6, 6.07) is -1.01. The van der Waals surface area contributed by atoms with Crippen molar-refractivity contribution in [3.8, 4) is 0 Å². The molecule has 0 unspecified atom stereocenters. The largest absolute Gasteiger partial charge is 0.544 e. The number of rotatable bonds is 4. The van der Waals surface area contributed by atoms with Crippen molar-refractivity contribution in [1.29, 1.82) is 0 Å². The van der Waals surface area contributed by atoms with Gasteiger partial charge in [-0.25, -0.2) is 8.42 Å². The number of quaternary nitrogens is 1. The Hall–Kier alpha value is -0.880. The van der Waals surface area contributed by atoms with Gasteiger partial charge in [0.1, 0.15) is 17.8 Å². The Labute approximate surface area is 89.1 Å². The fourth-order valence-corrected chi connectivity index (χ4v) is 2.87. The van der Waals surface area contributed by atoms with Crippen LogP contribution in [0.5, 0.6) is 0 Å². The summed E-state index contributed by atoms with van der Waals surface area (Å²) >= 11 is 0. The molecule has 0 aliphatic carbocycles. The molecule has 0 aromatic heterocycles. The van der Waals surface area contributed by atoms with Crippen LogP contribution >= 0.6 is 0 Å². The van der Waals surface area contributed by atoms with E-state index in [1.54, 1.807) is 19.2 Å². The van der Waals surface area contributed by atoms with E-state index in [0.29, 0.717) is 0 Å². The highest BCUT2D eigenvalue weighted by Gasteiger charge is 2.29. The van der Waals surface area contributed by atoms with Gasteiger partial charge in [-0.3, -0.25) is 0 Å². The lowest BCUT2D eigenvalue weighted by molar-refractivity contribution is -0.707. The molecular weight excluding hydrogens is 218 g/mol. The molecule has 0 radical (unpaired) electrons. The van der Waals surface area contributed by atoms with E-state index in [0.717, 1.165) is 5.41 Å². The van der Waals surface area contributed by atoms with Crippen molar-refractivity contribution in [2.24, 2.45) is 5.92 Å². The molecular formula is C9H15NO4S. The maximum Gasteiger partial charge on any atom is 0.177 e. The van der Waals surface area contributed by atoms with Gasteiger partial charge < -0.3 is 15.2 Å². The topological polar surface area (TPSA) is 90.9 Å². The molecule has 15 heavy (non-hydrogen) atoms. The Morgan fingerprint density at radius 1 is 1.53 bits per heavy atom. The van der Waals surface area contributed by atoms with Crippen LogP contribution in [0.2, 0.25) is 0 Å². The fourth-order valence-electron chi connectivity index (χ4n) is 1.56. The highest BCUT2D eigenvalue weighted by Crippen LogP contribution is 2.05. The number of nitrogens with two attached hydrogens (primary N) is 1. The second kappa shape index (κ2) is 4.32. The molecule has 0 bridgehead atoms. The van der Waals surface area contributed by atoms with E-state index in [4.69, 9.17) is 0 Å². The summed E-state index contributed by atoms with van der Waals surface area (Å²) in [7, 11) is -3.12. The van der Waals surface area contributed by atoms with Crippen LogP contribution in [0.3, 0.4) is 0 Å². The lowest BCUT2D eigenvalue weighted by Gasteiger charge is -2.22. The van der Waals surface area contributed by atoms with Gasteiger partial charge in [-0.05, 0) is 6.08 Å². The van der Waals surface area contributed by atoms with Gasteiger partial charge in [0.25, 0.3) is 0 Å². The third kappa shape index (κ3) is 3.32. The molecule has 0 saturated heterocycles. The first-order valence-electron chi connectivity index (χ1n) is 4.78. The molecule has 1 rings (SSSR count). The number of aliphatic carboxylic acids is 1. The van der Waals surface area contributed by atoms with E-state index < -0.39 is 21.8 Å². The van der Waals surface area contributed by atoms with Crippen LogP contribution in [0.1, 0.15) is 13.8 Å². The maximum atomic E-state index is 11.1. The zero-order valence-electron chi connectivity index (χ0n) is 8.71. The monoisotopic (exact) mass is 233 g/mol. The summed E-state index contributed by atoms with van der Waals surface area (Å²) in [6.07, 6.45) is 1.52. The van der Waals surface area contributed by atoms with E-state index in [9.17, 15) is 18.3 Å². The smallest absolute Gasteiger partial charge is 0.177 e. The van der Waals surface area contributed by atoms with Crippen LogP contribution in [0.15, 0.2) is 11.5 Å². The minimum Gasteiger partial charge on any atom is -0.544 e. The molecule has 86 valence electrons. The van der Waals surface area contributed by atoms with Gasteiger partial charge in [-0.2, -0.15) is 0 Å². The third-order valence-corrected chi connectivity index (χ3v) is 3.82. The molecule has 0 amide bonds. The molecule has 0 fully saturated rings. The lowest BCUT2D eigenvalue weighted by atomic mass is 10.0. The summed E-state index contributed by atoms with van der Waals surface area (Å²) in [5, 5.41) is 13.5. The Balaban J connectivity index is 2.63. The molecule has 0 aromatic carbocycles. The molecule has 1 aliphatic rings. The highest BCUT2D eigenvalue weighted by molar-refractivity contribution is 7.94. The Kier molecular flexibility index (Phi) is 3.51. The van der Waals surface area contributed by atoms with Gasteiger partial charge in [0.15, 0.2) is 9.84 Å². The van der Waals surface area contributed by atoms with Crippen LogP contribution in [-0.2, 0) is 14.6 Å². The fraction of sp³-hybridized carbons (Fsp3) is 0.667. The molecule has 2 N–H and O–H groups in total. The first-order valence-corrected chi connectivity index (χ1v) is 6.50. The SMILES string of the molecule is CC(C)[C@@H]([NH2+][C@@H]1C=CS(=O)(=O)C1)C(=O)[O-]. The van der Waals surface area contributed by atoms with Gasteiger partial charge in [0, 0.05) is 11.3 Å². The Morgan fingerprint density at radius 3 is 2.47 bits per heavy atom. The maximum absolute atomic E-state index is 11.1. The number of hydrogen-bond acceptors (Lipinski definition) is 4. The highest BCUT2D eigenvalue weighted by atomic mass is 32.2. The molecule has 0 saturated carbocycles. The average Bonchev–Trinajstić information content (AvgIpc) is 2.40. The van der Waals surface area contributed by atoms with Crippen molar-refractivity contribution in [2.75, 3.05) is 5.75 Å². The number of sulfone groups is 1. The van der Waals surface area contributed by atoms with E-state index >= 15 is 0 Å². The van der Waals surface area contributed by atoms with Gasteiger partial charge in [0.05, 0.1) is 5.97 Å². The van der Waals surface area contributed by atoms with Crippen molar-refractivity contribution in [3.63, 3.8) is 0 Å². The number of carboxylic acid groups (broad SMARTS) is 1. The molecule has 0 aromatic rings. The minimum atomic E-state index is -3.12. The summed E-state index contributed by atoms with van der Waals surface area (Å²) in [5.74, 6) is -1.27. The molecule has 2 atom stereocenters. The summed E-state index contributed by atoms with van der Waals surface area (Å²) in [4.78, 5) is 10.8. The normalized spacial score (nSPS) is 25.7. The van der Waals surface area contributed by atoms with Crippen LogP contribution in [0.25, 0.3) is 0 Å². The first-order chi connectivity index (χ1) is 6.82. The quantitative estimate of drug-likeness (QED) is 0.588. The summed E-state index contributed by atoms with van der Waals surface area (Å²) in [6.45, 7) is 3.54. The standard InChI is InChI=1S/C9H15NO4S/c1-6(2)8(9(11)12)10-7-3-4-15(13,14)5-7/h3-4,6-8,10H,5H2,1-2H3,(H,11,12)/t7-,8-/m1/s1. The minimum absolute atomic E-state index is 0.0243. The Morgan fingerprint density at radius 2 is 2.13 bits per heavy atom. The van der Waals surface area contributed by atoms with Crippen molar-refractivity contribution in [1.82, 2.24) is 0 Å². The number of hydrogen-bond donors (Lipinski definition) is 1. The number of carbonyl (C=O) groups excluding carboxylic acids is 1. The van der Waals surface area contributed by atoms with E-state index in [1.807, 2.05) is 0 Å². The number of carbonyl (C=O) groups is 1. The van der Waals surface area contributed by atoms with Crippen LogP contribution in [-0.4, -0.2) is 32.2 Å². The molecule has 1 aliphatic heterocycles. The van der Waals surface area contributed by atoms with Gasteiger partial charge in [-0.15, -0.1) is 0 Å². The zero-order valence-corrected chi connectivity index (χ0v) is 9.53. The predicted molar refractivity (Wildman–Crippen MR) is 52.3 cm³/mol. The van der Waals surface area contributed by atoms with Crippen LogP contribution in [0, 0.1) is 5.92 Å². The third-order valence-electron chi connectivity index (χ3n) is 2.40. The van der Waals surface area contributed by atoms with Crippen molar-refractivity contribution in [2.45, 2.75) is 25.9 Å². The first kappa shape index (κ1) is 12.2. The Bertz CT molecular complexity index is 372. The molecule has 0 spiro atoms. The predicted octanol–water partition coefficient (Wildman–Crippen LogP) is -2.36. The lowest BCUT2D eigenvalue weighted by Crippen LogP contribution is -2.98. The summed E-state index contributed by atoms with van der Waals surface area (Å²) in [5.41, 5.74) is 0. The van der Waals surface area contributed by atoms with Gasteiger partial charge in [0.2, 0.25) is 0 Å². The second-order valence-electron chi connectivity index (χ2n) is 4.10. The number of carboxylic acids is 1. The second-order valence-corrected chi connectivity index (χ2v) is 6.03. The molecule has 5 nitrogen and oxygen atoms in total. The van der Waals surface area contributed by atoms with Crippen molar-refractivity contribution in [3.05, 3.63) is 11.5 Å².